The number of nitrogens with zero attached hydrogens (tertiary/aromatic N) is 2. The summed E-state index contributed by atoms with van der Waals surface area (Å²) >= 11 is 0. The van der Waals surface area contributed by atoms with Gasteiger partial charge in [-0.05, 0) is 51.2 Å². The Morgan fingerprint density at radius 3 is 2.52 bits per heavy atom. The molecule has 4 amide bonds. The number of carbonyl (C=O) groups excluding carboxylic acids is 4. The standard InChI is InChI=1S/C22H29N5O6/c1-11-9-14-17(25-16(11)19(23)29)22(2,18(33-14)20(24)30)26-21(31)12-3-5-13(6-4-12)27-7-8-32-10-15(27)28/h9,12-13,18H,3-8,10H2,1-2H3,(H2,23,29)(H2,24,30)(H,26,31)/t12-,13-,18?,22?. The van der Waals surface area contributed by atoms with Crippen molar-refractivity contribution in [3.05, 3.63) is 23.0 Å². The van der Waals surface area contributed by atoms with Gasteiger partial charge in [0.05, 0.1) is 6.61 Å². The number of carbonyl (C=O) groups is 4. The molecule has 11 heteroatoms. The van der Waals surface area contributed by atoms with Gasteiger partial charge in [-0.15, -0.1) is 0 Å². The number of aromatic nitrogens is 1. The molecule has 178 valence electrons. The zero-order valence-corrected chi connectivity index (χ0v) is 18.8. The van der Waals surface area contributed by atoms with Gasteiger partial charge in [-0.25, -0.2) is 4.98 Å². The third kappa shape index (κ3) is 4.12. The molecule has 4 rings (SSSR count). The number of fused-ring (bicyclic) bond motifs is 1. The minimum absolute atomic E-state index is 0.0164. The smallest absolute Gasteiger partial charge is 0.267 e. The van der Waals surface area contributed by atoms with Gasteiger partial charge in [0.1, 0.15) is 29.3 Å². The zero-order valence-electron chi connectivity index (χ0n) is 18.8. The quantitative estimate of drug-likeness (QED) is 0.533. The third-order valence-corrected chi connectivity index (χ3v) is 6.84. The number of primary amides is 2. The molecule has 1 aliphatic carbocycles. The van der Waals surface area contributed by atoms with Gasteiger partial charge in [0.2, 0.25) is 17.9 Å². The molecule has 1 saturated heterocycles. The van der Waals surface area contributed by atoms with Gasteiger partial charge in [-0.1, -0.05) is 0 Å². The summed E-state index contributed by atoms with van der Waals surface area (Å²) in [5.74, 6) is -1.77. The summed E-state index contributed by atoms with van der Waals surface area (Å²) in [5.41, 5.74) is 10.4. The van der Waals surface area contributed by atoms with Crippen LogP contribution in [0, 0.1) is 12.8 Å². The van der Waals surface area contributed by atoms with Crippen molar-refractivity contribution >= 4 is 23.6 Å². The predicted molar refractivity (Wildman–Crippen MR) is 115 cm³/mol. The fourth-order valence-corrected chi connectivity index (χ4v) is 5.06. The number of nitrogens with two attached hydrogens (primary N) is 2. The van der Waals surface area contributed by atoms with Crippen LogP contribution < -0.4 is 21.5 Å². The monoisotopic (exact) mass is 459 g/mol. The van der Waals surface area contributed by atoms with E-state index in [0.29, 0.717) is 44.4 Å². The third-order valence-electron chi connectivity index (χ3n) is 6.84. The van der Waals surface area contributed by atoms with E-state index in [1.54, 1.807) is 19.9 Å². The van der Waals surface area contributed by atoms with Crippen LogP contribution in [0.2, 0.25) is 0 Å². The summed E-state index contributed by atoms with van der Waals surface area (Å²) < 4.78 is 10.9. The minimum atomic E-state index is -1.35. The van der Waals surface area contributed by atoms with Crippen molar-refractivity contribution in [2.45, 2.75) is 57.2 Å². The molecule has 2 fully saturated rings. The molecule has 3 heterocycles. The highest BCUT2D eigenvalue weighted by molar-refractivity contribution is 5.93. The molecular weight excluding hydrogens is 430 g/mol. The average molecular weight is 460 g/mol. The number of ether oxygens (including phenoxy) is 2. The molecule has 5 N–H and O–H groups in total. The highest BCUT2D eigenvalue weighted by Crippen LogP contribution is 2.41. The number of rotatable bonds is 5. The maximum atomic E-state index is 13.2. The van der Waals surface area contributed by atoms with Gasteiger partial charge in [0, 0.05) is 18.5 Å². The normalized spacial score (nSPS) is 29.2. The molecule has 1 aromatic heterocycles. The lowest BCUT2D eigenvalue weighted by atomic mass is 9.83. The summed E-state index contributed by atoms with van der Waals surface area (Å²) in [6.45, 7) is 4.46. The molecule has 2 atom stereocenters. The number of hydrogen-bond donors (Lipinski definition) is 3. The minimum Gasteiger partial charge on any atom is -0.476 e. The molecule has 0 spiro atoms. The highest BCUT2D eigenvalue weighted by Gasteiger charge is 2.52. The lowest BCUT2D eigenvalue weighted by Gasteiger charge is -2.39. The van der Waals surface area contributed by atoms with Crippen LogP contribution >= 0.6 is 0 Å². The van der Waals surface area contributed by atoms with Crippen LogP contribution in [0.25, 0.3) is 0 Å². The summed E-state index contributed by atoms with van der Waals surface area (Å²) in [6, 6.07) is 1.66. The van der Waals surface area contributed by atoms with E-state index in [2.05, 4.69) is 10.3 Å². The van der Waals surface area contributed by atoms with Crippen molar-refractivity contribution in [2.24, 2.45) is 17.4 Å². The molecule has 1 saturated carbocycles. The van der Waals surface area contributed by atoms with Crippen LogP contribution in [0.15, 0.2) is 6.07 Å². The van der Waals surface area contributed by atoms with E-state index < -0.39 is 23.5 Å². The van der Waals surface area contributed by atoms with Crippen LogP contribution in [0.4, 0.5) is 0 Å². The van der Waals surface area contributed by atoms with Crippen molar-refractivity contribution in [1.82, 2.24) is 15.2 Å². The molecule has 3 aliphatic rings. The Kier molecular flexibility index (Phi) is 6.00. The van der Waals surface area contributed by atoms with Crippen LogP contribution in [0.3, 0.4) is 0 Å². The van der Waals surface area contributed by atoms with Crippen molar-refractivity contribution < 1.29 is 28.7 Å². The Morgan fingerprint density at radius 2 is 1.91 bits per heavy atom. The van der Waals surface area contributed by atoms with Gasteiger partial charge in [-0.2, -0.15) is 0 Å². The Hall–Kier alpha value is -3.21. The highest BCUT2D eigenvalue weighted by atomic mass is 16.5. The van der Waals surface area contributed by atoms with Crippen molar-refractivity contribution in [3.63, 3.8) is 0 Å². The number of nitrogens with one attached hydrogen (secondary N) is 1. The molecule has 33 heavy (non-hydrogen) atoms. The summed E-state index contributed by atoms with van der Waals surface area (Å²) in [6.07, 6.45) is 1.42. The summed E-state index contributed by atoms with van der Waals surface area (Å²) in [4.78, 5) is 55.5. The first-order chi connectivity index (χ1) is 15.6. The molecule has 0 aromatic carbocycles. The molecule has 2 unspecified atom stereocenters. The molecule has 0 radical (unpaired) electrons. The zero-order chi connectivity index (χ0) is 23.9. The van der Waals surface area contributed by atoms with E-state index in [4.69, 9.17) is 20.9 Å². The van der Waals surface area contributed by atoms with E-state index in [1.165, 1.54) is 0 Å². The van der Waals surface area contributed by atoms with Gasteiger partial charge in [0.25, 0.3) is 11.8 Å². The van der Waals surface area contributed by atoms with E-state index in [1.807, 2.05) is 4.90 Å². The number of amides is 4. The Labute approximate surface area is 191 Å². The molecular formula is C22H29N5O6. The topological polar surface area (TPSA) is 167 Å². The fourth-order valence-electron chi connectivity index (χ4n) is 5.06. The van der Waals surface area contributed by atoms with Crippen LogP contribution in [-0.2, 0) is 24.7 Å². The van der Waals surface area contributed by atoms with Gasteiger partial charge in [0.15, 0.2) is 0 Å². The van der Waals surface area contributed by atoms with Crippen LogP contribution in [-0.4, -0.2) is 65.4 Å². The van der Waals surface area contributed by atoms with Gasteiger partial charge in [-0.3, -0.25) is 19.2 Å². The second kappa shape index (κ2) is 8.62. The molecule has 0 bridgehead atoms. The van der Waals surface area contributed by atoms with E-state index in [0.717, 1.165) is 0 Å². The predicted octanol–water partition coefficient (Wildman–Crippen LogP) is -0.516. The second-order valence-corrected chi connectivity index (χ2v) is 9.10. The molecule has 2 aliphatic heterocycles. The van der Waals surface area contributed by atoms with Gasteiger partial charge >= 0.3 is 0 Å². The maximum Gasteiger partial charge on any atom is 0.267 e. The number of pyridine rings is 1. The SMILES string of the molecule is Cc1cc2c(nc1C(N)=O)C(C)(NC(=O)[C@H]1CC[C@H](N3CCOCC3=O)CC1)C(C(N)=O)O2. The number of morpholine rings is 1. The number of aryl methyl sites for hydroxylation is 1. The van der Waals surface area contributed by atoms with Crippen LogP contribution in [0.5, 0.6) is 5.75 Å². The van der Waals surface area contributed by atoms with Crippen molar-refractivity contribution in [1.29, 1.82) is 0 Å². The summed E-state index contributed by atoms with van der Waals surface area (Å²) in [7, 11) is 0. The van der Waals surface area contributed by atoms with Crippen LogP contribution in [0.1, 0.15) is 54.4 Å². The lowest BCUT2D eigenvalue weighted by molar-refractivity contribution is -0.146. The van der Waals surface area contributed by atoms with E-state index in [-0.39, 0.29) is 47.5 Å². The first-order valence-electron chi connectivity index (χ1n) is 11.1. The van der Waals surface area contributed by atoms with Crippen molar-refractivity contribution in [3.8, 4) is 5.75 Å². The Bertz CT molecular complexity index is 1010. The Morgan fingerprint density at radius 1 is 1.21 bits per heavy atom. The van der Waals surface area contributed by atoms with Crippen molar-refractivity contribution in [2.75, 3.05) is 19.8 Å². The fraction of sp³-hybridized carbons (Fsp3) is 0.591. The lowest BCUT2D eigenvalue weighted by Crippen LogP contribution is -2.57. The number of hydrogen-bond acceptors (Lipinski definition) is 7. The molecule has 1 aromatic rings. The largest absolute Gasteiger partial charge is 0.476 e. The second-order valence-electron chi connectivity index (χ2n) is 9.10. The summed E-state index contributed by atoms with van der Waals surface area (Å²) in [5, 5.41) is 2.92. The molecule has 11 nitrogen and oxygen atoms in total. The maximum absolute atomic E-state index is 13.2. The first kappa shape index (κ1) is 23.0. The van der Waals surface area contributed by atoms with E-state index >= 15 is 0 Å². The van der Waals surface area contributed by atoms with Gasteiger partial charge < -0.3 is 31.2 Å². The van der Waals surface area contributed by atoms with E-state index in [9.17, 15) is 19.2 Å². The average Bonchev–Trinajstić information content (AvgIpc) is 3.04. The first-order valence-corrected chi connectivity index (χ1v) is 11.1. The Balaban J connectivity index is 1.51.